The van der Waals surface area contributed by atoms with Gasteiger partial charge in [-0.1, -0.05) is 45.8 Å². The number of halogens is 3. The summed E-state index contributed by atoms with van der Waals surface area (Å²) >= 11 is 3.36. The summed E-state index contributed by atoms with van der Waals surface area (Å²) in [7, 11) is 0. The van der Waals surface area contributed by atoms with Gasteiger partial charge < -0.3 is 9.52 Å². The van der Waals surface area contributed by atoms with E-state index in [0.29, 0.717) is 16.5 Å². The first-order valence-corrected chi connectivity index (χ1v) is 11.1. The minimum absolute atomic E-state index is 0.0957. The third kappa shape index (κ3) is 3.60. The van der Waals surface area contributed by atoms with Crippen LogP contribution in [-0.2, 0) is 4.79 Å². The standard InChI is InChI=1S/C26H16BrF2NO4/c1-13-3-2-4-14(9-13)23-22(24(31)21-11-15-10-16(27)5-8-20(15)34-21)25(32)26(33)30(23)19-12-17(28)6-7-18(19)29/h2-12,23,32H,1H3. The molecule has 1 aliphatic heterocycles. The Kier molecular flexibility index (Phi) is 5.32. The van der Waals surface area contributed by atoms with Crippen LogP contribution in [-0.4, -0.2) is 16.8 Å². The van der Waals surface area contributed by atoms with Crippen LogP contribution in [0.5, 0.6) is 0 Å². The van der Waals surface area contributed by atoms with Crippen molar-refractivity contribution in [3.8, 4) is 0 Å². The molecule has 0 fully saturated rings. The normalized spacial score (nSPS) is 16.1. The fraction of sp³-hybridized carbons (Fsp3) is 0.0769. The van der Waals surface area contributed by atoms with Crippen LogP contribution in [0.25, 0.3) is 11.0 Å². The van der Waals surface area contributed by atoms with Gasteiger partial charge in [0.15, 0.2) is 11.5 Å². The smallest absolute Gasteiger partial charge is 0.294 e. The number of ketones is 1. The van der Waals surface area contributed by atoms with Crippen molar-refractivity contribution in [3.63, 3.8) is 0 Å². The van der Waals surface area contributed by atoms with Gasteiger partial charge in [0, 0.05) is 15.9 Å². The Bertz CT molecular complexity index is 1520. The van der Waals surface area contributed by atoms with Gasteiger partial charge in [-0.3, -0.25) is 14.5 Å². The Morgan fingerprint density at radius 3 is 2.62 bits per heavy atom. The predicted molar refractivity (Wildman–Crippen MR) is 126 cm³/mol. The average Bonchev–Trinajstić information content (AvgIpc) is 3.34. The molecule has 0 radical (unpaired) electrons. The van der Waals surface area contributed by atoms with E-state index >= 15 is 0 Å². The Labute approximate surface area is 201 Å². The maximum atomic E-state index is 14.8. The van der Waals surface area contributed by atoms with Gasteiger partial charge in [-0.25, -0.2) is 8.78 Å². The Balaban J connectivity index is 1.69. The van der Waals surface area contributed by atoms with Crippen molar-refractivity contribution < 1.29 is 27.9 Å². The highest BCUT2D eigenvalue weighted by atomic mass is 79.9. The summed E-state index contributed by atoms with van der Waals surface area (Å²) in [5.74, 6) is -4.33. The van der Waals surface area contributed by atoms with Gasteiger partial charge in [-0.2, -0.15) is 0 Å². The first-order valence-electron chi connectivity index (χ1n) is 10.3. The van der Waals surface area contributed by atoms with Crippen molar-refractivity contribution in [2.75, 3.05) is 4.90 Å². The second kappa shape index (κ2) is 8.22. The van der Waals surface area contributed by atoms with Crippen LogP contribution >= 0.6 is 15.9 Å². The van der Waals surface area contributed by atoms with Gasteiger partial charge in [0.2, 0.25) is 5.78 Å². The summed E-state index contributed by atoms with van der Waals surface area (Å²) < 4.78 is 35.2. The number of aryl methyl sites for hydroxylation is 1. The number of Topliss-reactive ketones (excluding diaryl/α,β-unsaturated/α-hetero) is 1. The Morgan fingerprint density at radius 2 is 1.85 bits per heavy atom. The molecule has 4 aromatic rings. The van der Waals surface area contributed by atoms with Crippen molar-refractivity contribution in [1.82, 2.24) is 0 Å². The molecule has 34 heavy (non-hydrogen) atoms. The highest BCUT2D eigenvalue weighted by Crippen LogP contribution is 2.43. The number of furan rings is 1. The number of aliphatic hydroxyl groups excluding tert-OH is 1. The highest BCUT2D eigenvalue weighted by molar-refractivity contribution is 9.10. The maximum Gasteiger partial charge on any atom is 0.294 e. The Hall–Kier alpha value is -3.78. The second-order valence-electron chi connectivity index (χ2n) is 7.97. The van der Waals surface area contributed by atoms with E-state index in [4.69, 9.17) is 4.42 Å². The zero-order valence-corrected chi connectivity index (χ0v) is 19.3. The van der Waals surface area contributed by atoms with Crippen LogP contribution in [0.3, 0.4) is 0 Å². The third-order valence-electron chi connectivity index (χ3n) is 5.68. The molecule has 1 unspecified atom stereocenters. The molecule has 0 saturated carbocycles. The fourth-order valence-electron chi connectivity index (χ4n) is 4.17. The van der Waals surface area contributed by atoms with E-state index in [-0.39, 0.29) is 17.0 Å². The lowest BCUT2D eigenvalue weighted by Gasteiger charge is -2.27. The van der Waals surface area contributed by atoms with E-state index in [2.05, 4.69) is 15.9 Å². The summed E-state index contributed by atoms with van der Waals surface area (Å²) in [5, 5.41) is 11.4. The summed E-state index contributed by atoms with van der Waals surface area (Å²) in [6, 6.07) is 15.1. The number of nitrogens with zero attached hydrogens (tertiary/aromatic N) is 1. The van der Waals surface area contributed by atoms with Crippen LogP contribution < -0.4 is 4.90 Å². The van der Waals surface area contributed by atoms with Gasteiger partial charge in [0.1, 0.15) is 17.2 Å². The number of hydrogen-bond donors (Lipinski definition) is 1. The molecule has 2 heterocycles. The molecule has 0 bridgehead atoms. The molecule has 0 saturated heterocycles. The number of anilines is 1. The van der Waals surface area contributed by atoms with Crippen LogP contribution in [0.1, 0.15) is 27.7 Å². The van der Waals surface area contributed by atoms with Crippen molar-refractivity contribution in [2.24, 2.45) is 0 Å². The molecule has 170 valence electrons. The van der Waals surface area contributed by atoms with Crippen LogP contribution in [0.15, 0.2) is 87.0 Å². The lowest BCUT2D eigenvalue weighted by atomic mass is 9.93. The molecule has 0 aliphatic carbocycles. The van der Waals surface area contributed by atoms with Crippen LogP contribution in [0.2, 0.25) is 0 Å². The van der Waals surface area contributed by atoms with E-state index in [1.54, 1.807) is 36.4 Å². The zero-order valence-electron chi connectivity index (χ0n) is 17.7. The van der Waals surface area contributed by atoms with E-state index in [0.717, 1.165) is 33.1 Å². The molecule has 5 nitrogen and oxygen atoms in total. The average molecular weight is 524 g/mol. The molecule has 3 aromatic carbocycles. The summed E-state index contributed by atoms with van der Waals surface area (Å²) in [4.78, 5) is 27.6. The number of fused-ring (bicyclic) bond motifs is 1. The van der Waals surface area contributed by atoms with Crippen molar-refractivity contribution in [2.45, 2.75) is 13.0 Å². The number of hydrogen-bond acceptors (Lipinski definition) is 4. The zero-order chi connectivity index (χ0) is 24.1. The number of rotatable bonds is 4. The van der Waals surface area contributed by atoms with E-state index < -0.39 is 35.1 Å². The first kappa shape index (κ1) is 22.0. The number of amides is 1. The van der Waals surface area contributed by atoms with E-state index in [9.17, 15) is 23.5 Å². The maximum absolute atomic E-state index is 14.8. The molecular formula is C26H16BrF2NO4. The molecule has 1 N–H and O–H groups in total. The fourth-order valence-corrected chi connectivity index (χ4v) is 4.55. The lowest BCUT2D eigenvalue weighted by molar-refractivity contribution is -0.117. The van der Waals surface area contributed by atoms with E-state index in [1.807, 2.05) is 13.0 Å². The molecule has 1 aliphatic rings. The van der Waals surface area contributed by atoms with Crippen LogP contribution in [0, 0.1) is 18.6 Å². The third-order valence-corrected chi connectivity index (χ3v) is 6.17. The second-order valence-corrected chi connectivity index (χ2v) is 8.89. The first-order chi connectivity index (χ1) is 16.2. The number of benzene rings is 3. The van der Waals surface area contributed by atoms with Crippen molar-refractivity contribution in [3.05, 3.63) is 111 Å². The largest absolute Gasteiger partial charge is 0.503 e. The number of carbonyl (C=O) groups is 2. The topological polar surface area (TPSA) is 70.7 Å². The minimum Gasteiger partial charge on any atom is -0.503 e. The molecule has 8 heteroatoms. The SMILES string of the molecule is Cc1cccc(C2C(C(=O)c3cc4cc(Br)ccc4o3)=C(O)C(=O)N2c2cc(F)ccc2F)c1. The molecule has 1 atom stereocenters. The van der Waals surface area contributed by atoms with Gasteiger partial charge >= 0.3 is 0 Å². The van der Waals surface area contributed by atoms with Gasteiger partial charge in [0.05, 0.1) is 17.3 Å². The summed E-state index contributed by atoms with van der Waals surface area (Å²) in [6.07, 6.45) is 0. The molecular weight excluding hydrogens is 508 g/mol. The monoisotopic (exact) mass is 523 g/mol. The number of aliphatic hydroxyl groups is 1. The van der Waals surface area contributed by atoms with Crippen molar-refractivity contribution in [1.29, 1.82) is 0 Å². The van der Waals surface area contributed by atoms with Gasteiger partial charge in [-0.15, -0.1) is 0 Å². The van der Waals surface area contributed by atoms with E-state index in [1.165, 1.54) is 6.07 Å². The number of carbonyl (C=O) groups excluding carboxylic acids is 2. The molecule has 0 spiro atoms. The summed E-state index contributed by atoms with van der Waals surface area (Å²) in [6.45, 7) is 1.82. The minimum atomic E-state index is -1.20. The molecule has 1 aromatic heterocycles. The lowest BCUT2D eigenvalue weighted by Crippen LogP contribution is -2.32. The van der Waals surface area contributed by atoms with Gasteiger partial charge in [-0.05, 0) is 48.9 Å². The van der Waals surface area contributed by atoms with Crippen LogP contribution in [0.4, 0.5) is 14.5 Å². The Morgan fingerprint density at radius 1 is 1.06 bits per heavy atom. The van der Waals surface area contributed by atoms with Crippen molar-refractivity contribution >= 4 is 44.3 Å². The summed E-state index contributed by atoms with van der Waals surface area (Å²) in [5.41, 5.74) is 1.03. The predicted octanol–water partition coefficient (Wildman–Crippen LogP) is 6.56. The van der Waals surface area contributed by atoms with Gasteiger partial charge in [0.25, 0.3) is 5.91 Å². The highest BCUT2D eigenvalue weighted by Gasteiger charge is 2.46. The molecule has 5 rings (SSSR count). The molecule has 1 amide bonds. The quantitative estimate of drug-likeness (QED) is 0.307.